The summed E-state index contributed by atoms with van der Waals surface area (Å²) in [5, 5.41) is 25.1. The second-order valence-electron chi connectivity index (χ2n) is 8.45. The molecule has 3 aliphatic rings. The number of nitrogens with zero attached hydrogens (tertiary/aromatic N) is 1. The summed E-state index contributed by atoms with van der Waals surface area (Å²) < 4.78 is 0. The Balaban J connectivity index is 1.68. The number of aliphatic hydroxyl groups is 2. The molecule has 0 bridgehead atoms. The van der Waals surface area contributed by atoms with Gasteiger partial charge >= 0.3 is 0 Å². The van der Waals surface area contributed by atoms with Crippen LogP contribution in [0.1, 0.15) is 40.0 Å². The van der Waals surface area contributed by atoms with Gasteiger partial charge in [0.15, 0.2) is 0 Å². The first-order valence-corrected chi connectivity index (χ1v) is 9.55. The van der Waals surface area contributed by atoms with Gasteiger partial charge in [-0.3, -0.25) is 4.90 Å². The number of hydrogen-bond donors (Lipinski definition) is 3. The van der Waals surface area contributed by atoms with Crippen LogP contribution in [-0.4, -0.2) is 53.5 Å². The van der Waals surface area contributed by atoms with Crippen LogP contribution in [-0.2, 0) is 0 Å². The van der Waals surface area contributed by atoms with E-state index in [9.17, 15) is 10.2 Å². The topological polar surface area (TPSA) is 55.7 Å². The van der Waals surface area contributed by atoms with Crippen molar-refractivity contribution in [3.63, 3.8) is 0 Å². The summed E-state index contributed by atoms with van der Waals surface area (Å²) in [5.74, 6) is 0. The summed E-state index contributed by atoms with van der Waals surface area (Å²) in [5.41, 5.74) is 5.12. The van der Waals surface area contributed by atoms with Crippen molar-refractivity contribution in [2.24, 2.45) is 10.8 Å². The van der Waals surface area contributed by atoms with Crippen molar-refractivity contribution in [2.45, 2.75) is 52.2 Å². The van der Waals surface area contributed by atoms with Gasteiger partial charge in [0.1, 0.15) is 0 Å². The number of aliphatic hydroxyl groups excluding tert-OH is 2. The third-order valence-corrected chi connectivity index (χ3v) is 6.28. The van der Waals surface area contributed by atoms with Gasteiger partial charge in [-0.25, -0.2) is 0 Å². The molecule has 0 saturated carbocycles. The zero-order valence-electron chi connectivity index (χ0n) is 15.8. The second kappa shape index (κ2) is 7.13. The van der Waals surface area contributed by atoms with Crippen molar-refractivity contribution in [1.29, 1.82) is 0 Å². The number of allylic oxidation sites excluding steroid dienone is 4. The minimum Gasteiger partial charge on any atom is -0.391 e. The third kappa shape index (κ3) is 3.50. The molecule has 4 nitrogen and oxygen atoms in total. The predicted octanol–water partition coefficient (Wildman–Crippen LogP) is 2.37. The van der Waals surface area contributed by atoms with E-state index in [-0.39, 0.29) is 16.9 Å². The maximum atomic E-state index is 11.0. The normalized spacial score (nSPS) is 30.5. The maximum absolute atomic E-state index is 11.0. The molecule has 0 aromatic rings. The van der Waals surface area contributed by atoms with Crippen LogP contribution < -0.4 is 5.32 Å². The Hall–Kier alpha value is -1.32. The molecule has 25 heavy (non-hydrogen) atoms. The largest absolute Gasteiger partial charge is 0.391 e. The fourth-order valence-corrected chi connectivity index (χ4v) is 4.46. The van der Waals surface area contributed by atoms with E-state index < -0.39 is 6.10 Å². The molecule has 0 aromatic heterocycles. The number of likely N-dealkylation sites (tertiary alicyclic amines) is 1. The van der Waals surface area contributed by atoms with Gasteiger partial charge < -0.3 is 15.5 Å². The van der Waals surface area contributed by atoms with Crippen molar-refractivity contribution >= 4 is 0 Å². The molecule has 4 heteroatoms. The van der Waals surface area contributed by atoms with Crippen molar-refractivity contribution < 1.29 is 10.2 Å². The van der Waals surface area contributed by atoms with Gasteiger partial charge in [-0.2, -0.15) is 0 Å². The van der Waals surface area contributed by atoms with E-state index in [1.807, 2.05) is 18.2 Å². The highest BCUT2D eigenvalue weighted by molar-refractivity contribution is 5.47. The Morgan fingerprint density at radius 1 is 1.40 bits per heavy atom. The molecule has 1 aliphatic carbocycles. The average molecular weight is 344 g/mol. The van der Waals surface area contributed by atoms with E-state index in [0.29, 0.717) is 13.1 Å². The van der Waals surface area contributed by atoms with Crippen LogP contribution in [0.4, 0.5) is 0 Å². The van der Waals surface area contributed by atoms with E-state index in [0.717, 1.165) is 38.0 Å². The van der Waals surface area contributed by atoms with E-state index in [1.54, 1.807) is 0 Å². The minimum atomic E-state index is -0.432. The van der Waals surface area contributed by atoms with Crippen molar-refractivity contribution in [3.8, 4) is 0 Å². The van der Waals surface area contributed by atoms with Crippen molar-refractivity contribution in [3.05, 3.63) is 41.3 Å². The van der Waals surface area contributed by atoms with E-state index in [4.69, 9.17) is 0 Å². The number of piperidine rings is 1. The Kier molecular flexibility index (Phi) is 5.26. The lowest BCUT2D eigenvalue weighted by Gasteiger charge is -2.45. The van der Waals surface area contributed by atoms with Gasteiger partial charge in [-0.1, -0.05) is 27.2 Å². The number of hydrogen-bond acceptors (Lipinski definition) is 4. The lowest BCUT2D eigenvalue weighted by atomic mass is 9.71. The smallest absolute Gasteiger partial charge is 0.0781 e. The molecule has 3 atom stereocenters. The molecule has 138 valence electrons. The minimum absolute atomic E-state index is 0.0834. The monoisotopic (exact) mass is 344 g/mol. The Labute approximate surface area is 151 Å². The van der Waals surface area contributed by atoms with E-state index >= 15 is 0 Å². The molecule has 1 spiro atoms. The van der Waals surface area contributed by atoms with Gasteiger partial charge in [0.25, 0.3) is 0 Å². The molecule has 0 aromatic carbocycles. The number of nitrogens with one attached hydrogen (secondary N) is 1. The summed E-state index contributed by atoms with van der Waals surface area (Å²) in [6.45, 7) is 9.36. The summed E-state index contributed by atoms with van der Waals surface area (Å²) in [6.07, 6.45) is 10.2. The second-order valence-corrected chi connectivity index (χ2v) is 8.45. The summed E-state index contributed by atoms with van der Waals surface area (Å²) in [4.78, 5) is 2.23. The molecule has 2 heterocycles. The summed E-state index contributed by atoms with van der Waals surface area (Å²) in [7, 11) is 0. The standard InChI is InChI=1S/C21H32N2O2/c1-4-10-20(2,3)18(24)13-23-12-11-21(19(25)14-23)15-22-17-9-7-5-6-8-16(17)21/h6-9,18-19,22,24-25H,4,10-15H2,1-3H3. The first-order chi connectivity index (χ1) is 11.9. The third-order valence-electron chi connectivity index (χ3n) is 6.28. The van der Waals surface area contributed by atoms with Crippen molar-refractivity contribution in [1.82, 2.24) is 10.2 Å². The average Bonchev–Trinajstić information content (AvgIpc) is 2.74. The molecule has 2 saturated heterocycles. The van der Waals surface area contributed by atoms with E-state index in [1.165, 1.54) is 5.57 Å². The Bertz CT molecular complexity index is 628. The molecule has 3 N–H and O–H groups in total. The van der Waals surface area contributed by atoms with Crippen LogP contribution in [0, 0.1) is 10.8 Å². The zero-order chi connectivity index (χ0) is 18.1. The van der Waals surface area contributed by atoms with Gasteiger partial charge in [0.05, 0.1) is 12.2 Å². The molecular formula is C21H32N2O2. The highest BCUT2D eigenvalue weighted by Crippen LogP contribution is 2.45. The number of rotatable bonds is 5. The highest BCUT2D eigenvalue weighted by atomic mass is 16.3. The molecule has 2 aliphatic heterocycles. The first-order valence-electron chi connectivity index (χ1n) is 9.55. The van der Waals surface area contributed by atoms with E-state index in [2.05, 4.69) is 42.8 Å². The summed E-state index contributed by atoms with van der Waals surface area (Å²) >= 11 is 0. The maximum Gasteiger partial charge on any atom is 0.0781 e. The fraction of sp³-hybridized carbons (Fsp3) is 0.667. The lowest BCUT2D eigenvalue weighted by Crippen LogP contribution is -2.55. The Morgan fingerprint density at radius 3 is 2.88 bits per heavy atom. The van der Waals surface area contributed by atoms with Crippen LogP contribution in [0.5, 0.6) is 0 Å². The molecule has 3 unspecified atom stereocenters. The number of β-amino-alcohol motifs (C(OH)–C–C–N with tert-alkyl or cyclic N) is 2. The van der Waals surface area contributed by atoms with Crippen LogP contribution in [0.25, 0.3) is 0 Å². The predicted molar refractivity (Wildman–Crippen MR) is 101 cm³/mol. The fourth-order valence-electron chi connectivity index (χ4n) is 4.46. The Morgan fingerprint density at radius 2 is 2.16 bits per heavy atom. The SMILES string of the molecule is CCCC(C)(C)C(O)CN1CCC2(CNC3=CC=C=CC=C32)C(O)C1. The molecular weight excluding hydrogens is 312 g/mol. The van der Waals surface area contributed by atoms with Crippen LogP contribution >= 0.6 is 0 Å². The van der Waals surface area contributed by atoms with Gasteiger partial charge in [-0.05, 0) is 54.7 Å². The van der Waals surface area contributed by atoms with Gasteiger partial charge in [0.2, 0.25) is 0 Å². The quantitative estimate of drug-likeness (QED) is 0.670. The lowest BCUT2D eigenvalue weighted by molar-refractivity contribution is -0.0469. The highest BCUT2D eigenvalue weighted by Gasteiger charge is 2.49. The molecule has 0 radical (unpaired) electrons. The van der Waals surface area contributed by atoms with Gasteiger partial charge in [-0.15, -0.1) is 5.73 Å². The zero-order valence-corrected chi connectivity index (χ0v) is 15.8. The summed E-state index contributed by atoms with van der Waals surface area (Å²) in [6, 6.07) is 0. The van der Waals surface area contributed by atoms with Gasteiger partial charge in [0, 0.05) is 30.7 Å². The van der Waals surface area contributed by atoms with Crippen molar-refractivity contribution in [2.75, 3.05) is 26.2 Å². The van der Waals surface area contributed by atoms with Crippen LogP contribution in [0.3, 0.4) is 0 Å². The molecule has 0 amide bonds. The first kappa shape index (κ1) is 18.5. The molecule has 2 fully saturated rings. The molecule has 3 rings (SSSR count). The van der Waals surface area contributed by atoms with Crippen LogP contribution in [0.15, 0.2) is 41.3 Å². The van der Waals surface area contributed by atoms with Crippen LogP contribution in [0.2, 0.25) is 0 Å². The number of fused-ring (bicyclic) bond motifs is 2.